The normalized spacial score (nSPS) is 10.8. The Balaban J connectivity index is 1.59. The first-order valence-electron chi connectivity index (χ1n) is 9.24. The molecule has 152 valence electrons. The van der Waals surface area contributed by atoms with E-state index in [0.29, 0.717) is 11.6 Å². The van der Waals surface area contributed by atoms with Gasteiger partial charge in [0.25, 0.3) is 0 Å². The van der Waals surface area contributed by atoms with Crippen molar-refractivity contribution in [2.45, 2.75) is 19.6 Å². The molecule has 3 rings (SSSR count). The second kappa shape index (κ2) is 10.6. The molecule has 6 heteroatoms. The molecule has 0 spiro atoms. The molecule has 0 aromatic heterocycles. The predicted molar refractivity (Wildman–Crippen MR) is 118 cm³/mol. The van der Waals surface area contributed by atoms with Crippen LogP contribution < -0.4 is 14.8 Å². The van der Waals surface area contributed by atoms with E-state index in [0.717, 1.165) is 40.1 Å². The zero-order valence-corrected chi connectivity index (χ0v) is 18.4. The Labute approximate surface area is 183 Å². The molecule has 1 N–H and O–H groups in total. The second-order valence-corrected chi connectivity index (χ2v) is 7.84. The standard InChI is InChI=1S/C23H22BrClFNO2/c1-28-22-5-3-2-4-16(22)10-11-27-14-18-12-19(24)7-9-23(18)29-15-17-6-8-20(26)13-21(17)25/h2-9,12-13,27H,10-11,14-15H2,1H3. The van der Waals surface area contributed by atoms with Crippen molar-refractivity contribution in [1.29, 1.82) is 0 Å². The van der Waals surface area contributed by atoms with Gasteiger partial charge in [-0.15, -0.1) is 0 Å². The number of methoxy groups -OCH3 is 1. The van der Waals surface area contributed by atoms with Crippen LogP contribution in [0.2, 0.25) is 5.02 Å². The molecule has 0 aliphatic heterocycles. The molecule has 3 aromatic carbocycles. The molecule has 0 saturated carbocycles. The van der Waals surface area contributed by atoms with Crippen molar-refractivity contribution in [3.8, 4) is 11.5 Å². The molecule has 0 aliphatic carbocycles. The molecule has 0 radical (unpaired) electrons. The van der Waals surface area contributed by atoms with Gasteiger partial charge in [-0.1, -0.05) is 51.8 Å². The summed E-state index contributed by atoms with van der Waals surface area (Å²) in [5, 5.41) is 3.81. The van der Waals surface area contributed by atoms with Crippen LogP contribution in [0.5, 0.6) is 11.5 Å². The van der Waals surface area contributed by atoms with Gasteiger partial charge >= 0.3 is 0 Å². The summed E-state index contributed by atoms with van der Waals surface area (Å²) in [7, 11) is 1.69. The van der Waals surface area contributed by atoms with Crippen LogP contribution in [-0.4, -0.2) is 13.7 Å². The highest BCUT2D eigenvalue weighted by Gasteiger charge is 2.08. The Hall–Kier alpha value is -2.08. The van der Waals surface area contributed by atoms with Gasteiger partial charge in [0.2, 0.25) is 0 Å². The van der Waals surface area contributed by atoms with E-state index in [1.54, 1.807) is 13.2 Å². The molecule has 29 heavy (non-hydrogen) atoms. The summed E-state index contributed by atoms with van der Waals surface area (Å²) in [6.07, 6.45) is 0.861. The third kappa shape index (κ3) is 6.20. The Morgan fingerprint density at radius 3 is 2.59 bits per heavy atom. The number of para-hydroxylation sites is 1. The van der Waals surface area contributed by atoms with Crippen molar-refractivity contribution in [2.24, 2.45) is 0 Å². The van der Waals surface area contributed by atoms with Crippen molar-refractivity contribution in [3.63, 3.8) is 0 Å². The van der Waals surface area contributed by atoms with E-state index in [-0.39, 0.29) is 12.4 Å². The molecule has 0 unspecified atom stereocenters. The van der Waals surface area contributed by atoms with E-state index >= 15 is 0 Å². The molecule has 0 bridgehead atoms. The molecule has 3 aromatic rings. The van der Waals surface area contributed by atoms with Gasteiger partial charge in [-0.2, -0.15) is 0 Å². The number of rotatable bonds is 9. The third-order valence-electron chi connectivity index (χ3n) is 4.50. The van der Waals surface area contributed by atoms with Gasteiger partial charge in [-0.05, 0) is 54.9 Å². The summed E-state index contributed by atoms with van der Waals surface area (Å²) in [5.41, 5.74) is 2.93. The average Bonchev–Trinajstić information content (AvgIpc) is 2.72. The number of hydrogen-bond donors (Lipinski definition) is 1. The molecule has 0 atom stereocenters. The molecular weight excluding hydrogens is 457 g/mol. The summed E-state index contributed by atoms with van der Waals surface area (Å²) < 4.78 is 25.6. The van der Waals surface area contributed by atoms with E-state index in [1.807, 2.05) is 36.4 Å². The van der Waals surface area contributed by atoms with Crippen molar-refractivity contribution >= 4 is 27.5 Å². The Kier molecular flexibility index (Phi) is 7.92. The number of halogens is 3. The fourth-order valence-corrected chi connectivity index (χ4v) is 3.61. The lowest BCUT2D eigenvalue weighted by atomic mass is 10.1. The second-order valence-electron chi connectivity index (χ2n) is 6.52. The molecule has 0 amide bonds. The van der Waals surface area contributed by atoms with Gasteiger partial charge in [-0.3, -0.25) is 0 Å². The first-order valence-corrected chi connectivity index (χ1v) is 10.4. The summed E-state index contributed by atoms with van der Waals surface area (Å²) in [5.74, 6) is 1.30. The van der Waals surface area contributed by atoms with Gasteiger partial charge in [0.05, 0.1) is 12.1 Å². The maximum absolute atomic E-state index is 13.2. The van der Waals surface area contributed by atoms with E-state index in [2.05, 4.69) is 27.3 Å². The van der Waals surface area contributed by atoms with Gasteiger partial charge in [0.1, 0.15) is 23.9 Å². The van der Waals surface area contributed by atoms with Crippen LogP contribution in [0, 0.1) is 5.82 Å². The maximum atomic E-state index is 13.2. The fourth-order valence-electron chi connectivity index (χ4n) is 2.98. The summed E-state index contributed by atoms with van der Waals surface area (Å²) >= 11 is 9.61. The Morgan fingerprint density at radius 2 is 1.79 bits per heavy atom. The monoisotopic (exact) mass is 477 g/mol. The topological polar surface area (TPSA) is 30.5 Å². The van der Waals surface area contributed by atoms with E-state index in [9.17, 15) is 4.39 Å². The third-order valence-corrected chi connectivity index (χ3v) is 5.35. The lowest BCUT2D eigenvalue weighted by Gasteiger charge is -2.14. The smallest absolute Gasteiger partial charge is 0.124 e. The van der Waals surface area contributed by atoms with E-state index < -0.39 is 0 Å². The summed E-state index contributed by atoms with van der Waals surface area (Å²) in [6.45, 7) is 1.73. The molecule has 0 fully saturated rings. The largest absolute Gasteiger partial charge is 0.496 e. The zero-order valence-electron chi connectivity index (χ0n) is 16.1. The Bertz CT molecular complexity index is 967. The predicted octanol–water partition coefficient (Wildman–Crippen LogP) is 6.16. The lowest BCUT2D eigenvalue weighted by molar-refractivity contribution is 0.302. The molecule has 3 nitrogen and oxygen atoms in total. The highest BCUT2D eigenvalue weighted by atomic mass is 79.9. The first kappa shape index (κ1) is 21.6. The van der Waals surface area contributed by atoms with Crippen LogP contribution in [0.1, 0.15) is 16.7 Å². The number of ether oxygens (including phenoxy) is 2. The molecule has 0 aliphatic rings. The Morgan fingerprint density at radius 1 is 0.966 bits per heavy atom. The van der Waals surface area contributed by atoms with Gasteiger partial charge in [0.15, 0.2) is 0 Å². The maximum Gasteiger partial charge on any atom is 0.124 e. The molecule has 0 saturated heterocycles. The van der Waals surface area contributed by atoms with Crippen molar-refractivity contribution in [2.75, 3.05) is 13.7 Å². The quantitative estimate of drug-likeness (QED) is 0.374. The molecule has 0 heterocycles. The highest BCUT2D eigenvalue weighted by Crippen LogP contribution is 2.26. The van der Waals surface area contributed by atoms with Crippen molar-refractivity contribution < 1.29 is 13.9 Å². The minimum absolute atomic E-state index is 0.273. The van der Waals surface area contributed by atoms with E-state index in [1.165, 1.54) is 17.7 Å². The van der Waals surface area contributed by atoms with E-state index in [4.69, 9.17) is 21.1 Å². The summed E-state index contributed by atoms with van der Waals surface area (Å²) in [4.78, 5) is 0. The van der Waals surface area contributed by atoms with Crippen LogP contribution in [0.15, 0.2) is 65.1 Å². The summed E-state index contributed by atoms with van der Waals surface area (Å²) in [6, 6.07) is 18.2. The fraction of sp³-hybridized carbons (Fsp3) is 0.217. The van der Waals surface area contributed by atoms with Gasteiger partial charge in [0, 0.05) is 22.1 Å². The zero-order chi connectivity index (χ0) is 20.6. The minimum atomic E-state index is -0.359. The number of benzene rings is 3. The lowest BCUT2D eigenvalue weighted by Crippen LogP contribution is -2.17. The molecular formula is C23H22BrClFNO2. The number of nitrogens with one attached hydrogen (secondary N) is 1. The van der Waals surface area contributed by atoms with Crippen LogP contribution in [0.4, 0.5) is 4.39 Å². The minimum Gasteiger partial charge on any atom is -0.496 e. The van der Waals surface area contributed by atoms with Crippen LogP contribution in [0.25, 0.3) is 0 Å². The van der Waals surface area contributed by atoms with Crippen LogP contribution in [0.3, 0.4) is 0 Å². The van der Waals surface area contributed by atoms with Gasteiger partial charge in [-0.25, -0.2) is 4.39 Å². The van der Waals surface area contributed by atoms with Crippen LogP contribution in [-0.2, 0) is 19.6 Å². The number of hydrogen-bond acceptors (Lipinski definition) is 3. The van der Waals surface area contributed by atoms with Crippen molar-refractivity contribution in [1.82, 2.24) is 5.32 Å². The van der Waals surface area contributed by atoms with Crippen LogP contribution >= 0.6 is 27.5 Å². The van der Waals surface area contributed by atoms with Gasteiger partial charge < -0.3 is 14.8 Å². The SMILES string of the molecule is COc1ccccc1CCNCc1cc(Br)ccc1OCc1ccc(F)cc1Cl. The average molecular weight is 479 g/mol. The van der Waals surface area contributed by atoms with Crippen molar-refractivity contribution in [3.05, 3.63) is 92.7 Å². The highest BCUT2D eigenvalue weighted by molar-refractivity contribution is 9.10. The first-order chi connectivity index (χ1) is 14.1.